The molecule has 0 radical (unpaired) electrons. The Balaban J connectivity index is 1.96. The Bertz CT molecular complexity index is 759. The van der Waals surface area contributed by atoms with Gasteiger partial charge in [-0.15, -0.1) is 11.3 Å². The highest BCUT2D eigenvalue weighted by atomic mass is 79.9. The highest BCUT2D eigenvalue weighted by Crippen LogP contribution is 2.29. The molecule has 0 aliphatic rings. The number of rotatable bonds is 3. The standard InChI is InChI=1S/C14H11BrClN3S/c1-19(8-9-3-2-4-10(15)7-9)12-11-5-6-20-13(11)18-14(16)17-12/h2-7H,8H2,1H3. The molecule has 0 aliphatic heterocycles. The summed E-state index contributed by atoms with van der Waals surface area (Å²) >= 11 is 11.1. The minimum atomic E-state index is 0.288. The normalized spacial score (nSPS) is 10.9. The van der Waals surface area contributed by atoms with Gasteiger partial charge in [0.25, 0.3) is 0 Å². The van der Waals surface area contributed by atoms with Gasteiger partial charge in [0.1, 0.15) is 10.6 Å². The van der Waals surface area contributed by atoms with Crippen LogP contribution in [0, 0.1) is 0 Å². The van der Waals surface area contributed by atoms with Crippen molar-refractivity contribution in [2.45, 2.75) is 6.54 Å². The number of thiophene rings is 1. The first kappa shape index (κ1) is 13.8. The molecule has 2 heterocycles. The summed E-state index contributed by atoms with van der Waals surface area (Å²) in [7, 11) is 2.01. The summed E-state index contributed by atoms with van der Waals surface area (Å²) in [6.07, 6.45) is 0. The van der Waals surface area contributed by atoms with Crippen LogP contribution in [0.3, 0.4) is 0 Å². The van der Waals surface area contributed by atoms with Crippen molar-refractivity contribution in [1.29, 1.82) is 0 Å². The Morgan fingerprint density at radius 1 is 1.30 bits per heavy atom. The average Bonchev–Trinajstić information content (AvgIpc) is 2.85. The molecule has 3 aromatic rings. The lowest BCUT2D eigenvalue weighted by atomic mass is 10.2. The second kappa shape index (κ2) is 5.68. The fourth-order valence-electron chi connectivity index (χ4n) is 2.09. The maximum absolute atomic E-state index is 6.00. The third-order valence-corrected chi connectivity index (χ3v) is 4.42. The maximum atomic E-state index is 6.00. The number of halogens is 2. The third-order valence-electron chi connectivity index (χ3n) is 2.95. The van der Waals surface area contributed by atoms with Crippen LogP contribution in [0.1, 0.15) is 5.56 Å². The van der Waals surface area contributed by atoms with Crippen molar-refractivity contribution in [3.8, 4) is 0 Å². The van der Waals surface area contributed by atoms with Gasteiger partial charge in [-0.2, -0.15) is 4.98 Å². The summed E-state index contributed by atoms with van der Waals surface area (Å²) < 4.78 is 1.07. The molecule has 2 aromatic heterocycles. The number of benzene rings is 1. The lowest BCUT2D eigenvalue weighted by Crippen LogP contribution is -2.18. The first-order valence-corrected chi connectivity index (χ1v) is 8.05. The van der Waals surface area contributed by atoms with Gasteiger partial charge in [-0.1, -0.05) is 28.1 Å². The van der Waals surface area contributed by atoms with Crippen molar-refractivity contribution >= 4 is 54.9 Å². The molecular formula is C14H11BrClN3S. The second-order valence-corrected chi connectivity index (χ2v) is 6.59. The van der Waals surface area contributed by atoms with Crippen molar-refractivity contribution in [2.75, 3.05) is 11.9 Å². The zero-order chi connectivity index (χ0) is 14.1. The van der Waals surface area contributed by atoms with Crippen LogP contribution in [0.4, 0.5) is 5.82 Å². The Kier molecular flexibility index (Phi) is 3.92. The molecule has 0 atom stereocenters. The van der Waals surface area contributed by atoms with Gasteiger partial charge >= 0.3 is 0 Å². The zero-order valence-electron chi connectivity index (χ0n) is 10.7. The summed E-state index contributed by atoms with van der Waals surface area (Å²) in [5.74, 6) is 0.862. The predicted octanol–water partition coefficient (Wildman–Crippen LogP) is 4.74. The minimum absolute atomic E-state index is 0.288. The van der Waals surface area contributed by atoms with Gasteiger partial charge in [0.05, 0.1) is 5.39 Å². The van der Waals surface area contributed by atoms with Gasteiger partial charge in [-0.05, 0) is 40.7 Å². The van der Waals surface area contributed by atoms with Gasteiger partial charge in [0, 0.05) is 18.1 Å². The van der Waals surface area contributed by atoms with E-state index < -0.39 is 0 Å². The topological polar surface area (TPSA) is 29.0 Å². The third kappa shape index (κ3) is 2.80. The van der Waals surface area contributed by atoms with Crippen LogP contribution in [-0.2, 0) is 6.54 Å². The first-order valence-electron chi connectivity index (χ1n) is 6.00. The summed E-state index contributed by atoms with van der Waals surface area (Å²) in [5.41, 5.74) is 1.21. The molecule has 20 heavy (non-hydrogen) atoms. The van der Waals surface area contributed by atoms with E-state index in [1.165, 1.54) is 5.56 Å². The molecule has 0 fully saturated rings. The molecule has 0 amide bonds. The van der Waals surface area contributed by atoms with Gasteiger partial charge in [-0.3, -0.25) is 0 Å². The van der Waals surface area contributed by atoms with Crippen molar-refractivity contribution in [1.82, 2.24) is 9.97 Å². The molecule has 0 unspecified atom stereocenters. The van der Waals surface area contributed by atoms with E-state index in [1.54, 1.807) is 11.3 Å². The van der Waals surface area contributed by atoms with Crippen LogP contribution < -0.4 is 4.90 Å². The van der Waals surface area contributed by atoms with E-state index in [4.69, 9.17) is 11.6 Å². The predicted molar refractivity (Wildman–Crippen MR) is 88.7 cm³/mol. The van der Waals surface area contributed by atoms with E-state index in [1.807, 2.05) is 30.6 Å². The summed E-state index contributed by atoms with van der Waals surface area (Å²) in [5, 5.41) is 3.33. The quantitative estimate of drug-likeness (QED) is 0.625. The SMILES string of the molecule is CN(Cc1cccc(Br)c1)c1nc(Cl)nc2sccc12. The molecule has 0 N–H and O–H groups in total. The number of nitrogens with zero attached hydrogens (tertiary/aromatic N) is 3. The van der Waals surface area contributed by atoms with Crippen molar-refractivity contribution in [2.24, 2.45) is 0 Å². The average molecular weight is 369 g/mol. The minimum Gasteiger partial charge on any atom is -0.355 e. The summed E-state index contributed by atoms with van der Waals surface area (Å²) in [6, 6.07) is 10.3. The lowest BCUT2D eigenvalue weighted by molar-refractivity contribution is 0.900. The van der Waals surface area contributed by atoms with Crippen LogP contribution in [0.15, 0.2) is 40.2 Å². The van der Waals surface area contributed by atoms with E-state index in [9.17, 15) is 0 Å². The number of fused-ring (bicyclic) bond motifs is 1. The molecule has 6 heteroatoms. The molecule has 0 bridgehead atoms. The highest BCUT2D eigenvalue weighted by Gasteiger charge is 2.12. The number of hydrogen-bond donors (Lipinski definition) is 0. The van der Waals surface area contributed by atoms with Crippen LogP contribution in [0.5, 0.6) is 0 Å². The van der Waals surface area contributed by atoms with Crippen molar-refractivity contribution < 1.29 is 0 Å². The monoisotopic (exact) mass is 367 g/mol. The number of anilines is 1. The Hall–Kier alpha value is -1.17. The largest absolute Gasteiger partial charge is 0.355 e. The Labute approximate surface area is 134 Å². The molecule has 3 rings (SSSR count). The fraction of sp³-hybridized carbons (Fsp3) is 0.143. The zero-order valence-corrected chi connectivity index (χ0v) is 13.8. The first-order chi connectivity index (χ1) is 9.63. The van der Waals surface area contributed by atoms with Crippen molar-refractivity contribution in [3.63, 3.8) is 0 Å². The van der Waals surface area contributed by atoms with Crippen molar-refractivity contribution in [3.05, 3.63) is 51.0 Å². The summed E-state index contributed by atoms with van der Waals surface area (Å²) in [4.78, 5) is 11.6. The Morgan fingerprint density at radius 3 is 2.95 bits per heavy atom. The summed E-state index contributed by atoms with van der Waals surface area (Å²) in [6.45, 7) is 0.762. The van der Waals surface area contributed by atoms with E-state index in [2.05, 4.69) is 42.9 Å². The number of hydrogen-bond acceptors (Lipinski definition) is 4. The van der Waals surface area contributed by atoms with E-state index in [0.717, 1.165) is 27.1 Å². The fourth-order valence-corrected chi connectivity index (χ4v) is 3.51. The Morgan fingerprint density at radius 2 is 2.15 bits per heavy atom. The molecule has 0 spiro atoms. The van der Waals surface area contributed by atoms with Gasteiger partial charge in [0.15, 0.2) is 0 Å². The highest BCUT2D eigenvalue weighted by molar-refractivity contribution is 9.10. The van der Waals surface area contributed by atoms with Gasteiger partial charge < -0.3 is 4.90 Å². The van der Waals surface area contributed by atoms with Crippen LogP contribution >= 0.6 is 38.9 Å². The second-order valence-electron chi connectivity index (χ2n) is 4.44. The maximum Gasteiger partial charge on any atom is 0.225 e. The lowest BCUT2D eigenvalue weighted by Gasteiger charge is -2.19. The molecule has 3 nitrogen and oxygen atoms in total. The van der Waals surface area contributed by atoms with E-state index >= 15 is 0 Å². The molecular weight excluding hydrogens is 358 g/mol. The molecule has 0 saturated heterocycles. The molecule has 0 saturated carbocycles. The number of aromatic nitrogens is 2. The van der Waals surface area contributed by atoms with Gasteiger partial charge in [0.2, 0.25) is 5.28 Å². The van der Waals surface area contributed by atoms with Crippen LogP contribution in [-0.4, -0.2) is 17.0 Å². The van der Waals surface area contributed by atoms with E-state index in [0.29, 0.717) is 0 Å². The molecule has 102 valence electrons. The van der Waals surface area contributed by atoms with Gasteiger partial charge in [-0.25, -0.2) is 4.98 Å². The molecule has 0 aliphatic carbocycles. The molecule has 1 aromatic carbocycles. The van der Waals surface area contributed by atoms with Crippen LogP contribution in [0.25, 0.3) is 10.2 Å². The van der Waals surface area contributed by atoms with Crippen LogP contribution in [0.2, 0.25) is 5.28 Å². The van der Waals surface area contributed by atoms with E-state index in [-0.39, 0.29) is 5.28 Å². The smallest absolute Gasteiger partial charge is 0.225 e.